The van der Waals surface area contributed by atoms with Crippen LogP contribution in [0.5, 0.6) is 0 Å². The second kappa shape index (κ2) is 4.82. The van der Waals surface area contributed by atoms with E-state index in [0.717, 1.165) is 16.6 Å². The van der Waals surface area contributed by atoms with Gasteiger partial charge in [0.1, 0.15) is 11.6 Å². The largest absolute Gasteiger partial charge is 0.331 e. The molecule has 0 aliphatic carbocycles. The highest BCUT2D eigenvalue weighted by molar-refractivity contribution is 5.33. The number of hydrogen-bond donors (Lipinski definition) is 0. The molecule has 0 saturated carbocycles. The van der Waals surface area contributed by atoms with Gasteiger partial charge in [-0.1, -0.05) is 30.3 Å². The maximum atomic E-state index is 12.4. The van der Waals surface area contributed by atoms with E-state index >= 15 is 0 Å². The maximum absolute atomic E-state index is 12.4. The smallest absolute Gasteiger partial charge is 0.296 e. The summed E-state index contributed by atoms with van der Waals surface area (Å²) < 4.78 is 2.71. The fraction of sp³-hybridized carbons (Fsp3) is 0.267. The molecule has 0 N–H and O–H groups in total. The molecule has 1 aromatic carbocycles. The Labute approximate surface area is 115 Å². The molecule has 0 spiro atoms. The average molecular weight is 267 g/mol. The molecule has 0 atom stereocenters. The third-order valence-corrected chi connectivity index (χ3v) is 3.63. The Hall–Kier alpha value is -2.61. The molecule has 0 fully saturated rings. The summed E-state index contributed by atoms with van der Waals surface area (Å²) in [6.45, 7) is 0.783. The molecule has 5 nitrogen and oxygen atoms in total. The van der Waals surface area contributed by atoms with Crippen molar-refractivity contribution < 1.29 is 0 Å². The van der Waals surface area contributed by atoms with Crippen LogP contribution >= 0.6 is 0 Å². The molecule has 1 aromatic heterocycles. The standard InChI is InChI=1S/C15H13N3O2/c16-9-12-13-7-4-8-17(13)15(20)18(14(12)19)10-11-5-2-1-3-6-11/h1-3,5-6H,4,7-8,10H2. The molecule has 0 bridgehead atoms. The van der Waals surface area contributed by atoms with Gasteiger partial charge in [0.05, 0.1) is 6.54 Å². The Morgan fingerprint density at radius 3 is 2.65 bits per heavy atom. The van der Waals surface area contributed by atoms with E-state index < -0.39 is 5.56 Å². The van der Waals surface area contributed by atoms with Crippen molar-refractivity contribution in [3.05, 3.63) is 68.0 Å². The normalized spacial score (nSPS) is 12.9. The van der Waals surface area contributed by atoms with Gasteiger partial charge in [-0.25, -0.2) is 4.79 Å². The van der Waals surface area contributed by atoms with Crippen LogP contribution in [0.1, 0.15) is 23.2 Å². The Kier molecular flexibility index (Phi) is 2.99. The summed E-state index contributed by atoms with van der Waals surface area (Å²) in [5.41, 5.74) is 0.777. The van der Waals surface area contributed by atoms with Crippen LogP contribution in [0.15, 0.2) is 39.9 Å². The molecule has 3 rings (SSSR count). The van der Waals surface area contributed by atoms with Gasteiger partial charge in [0, 0.05) is 12.2 Å². The molecule has 2 aromatic rings. The third kappa shape index (κ3) is 1.86. The Bertz CT molecular complexity index is 810. The van der Waals surface area contributed by atoms with Crippen molar-refractivity contribution in [1.82, 2.24) is 9.13 Å². The van der Waals surface area contributed by atoms with Gasteiger partial charge in [0.25, 0.3) is 5.56 Å². The lowest BCUT2D eigenvalue weighted by Gasteiger charge is -2.10. The van der Waals surface area contributed by atoms with Crippen molar-refractivity contribution in [2.45, 2.75) is 25.9 Å². The van der Waals surface area contributed by atoms with Gasteiger partial charge in [-0.2, -0.15) is 5.26 Å². The van der Waals surface area contributed by atoms with E-state index in [0.29, 0.717) is 18.7 Å². The number of aromatic nitrogens is 2. The first kappa shape index (κ1) is 12.4. The molecule has 0 amide bonds. The van der Waals surface area contributed by atoms with Crippen LogP contribution in [0.3, 0.4) is 0 Å². The van der Waals surface area contributed by atoms with Crippen LogP contribution < -0.4 is 11.2 Å². The molecule has 100 valence electrons. The summed E-state index contributed by atoms with van der Waals surface area (Å²) in [6, 6.07) is 11.3. The van der Waals surface area contributed by atoms with Gasteiger partial charge >= 0.3 is 5.69 Å². The summed E-state index contributed by atoms with van der Waals surface area (Å²) in [5.74, 6) is 0. The quantitative estimate of drug-likeness (QED) is 0.811. The molecule has 0 unspecified atom stereocenters. The topological polar surface area (TPSA) is 67.8 Å². The van der Waals surface area contributed by atoms with Crippen molar-refractivity contribution in [2.24, 2.45) is 0 Å². The lowest BCUT2D eigenvalue weighted by Crippen LogP contribution is -2.41. The SMILES string of the molecule is N#Cc1c2n(c(=O)n(Cc3ccccc3)c1=O)CCC2. The molecule has 2 heterocycles. The van der Waals surface area contributed by atoms with Crippen LogP contribution in [0.2, 0.25) is 0 Å². The first-order valence-corrected chi connectivity index (χ1v) is 6.53. The zero-order chi connectivity index (χ0) is 14.1. The highest BCUT2D eigenvalue weighted by Crippen LogP contribution is 2.13. The van der Waals surface area contributed by atoms with E-state index in [1.807, 2.05) is 36.4 Å². The van der Waals surface area contributed by atoms with Crippen molar-refractivity contribution in [1.29, 1.82) is 5.26 Å². The minimum atomic E-state index is -0.477. The number of hydrogen-bond acceptors (Lipinski definition) is 3. The van der Waals surface area contributed by atoms with Gasteiger partial charge in [-0.3, -0.25) is 13.9 Å². The van der Waals surface area contributed by atoms with E-state index in [9.17, 15) is 14.9 Å². The van der Waals surface area contributed by atoms with Crippen molar-refractivity contribution in [2.75, 3.05) is 0 Å². The predicted octanol–water partition coefficient (Wildman–Crippen LogP) is 0.876. The van der Waals surface area contributed by atoms with Gasteiger partial charge in [0.2, 0.25) is 0 Å². The third-order valence-electron chi connectivity index (χ3n) is 3.63. The highest BCUT2D eigenvalue weighted by Gasteiger charge is 2.22. The van der Waals surface area contributed by atoms with Crippen molar-refractivity contribution in [3.8, 4) is 6.07 Å². The fourth-order valence-corrected chi connectivity index (χ4v) is 2.65. The number of nitriles is 1. The first-order valence-electron chi connectivity index (χ1n) is 6.53. The highest BCUT2D eigenvalue weighted by atomic mass is 16.2. The maximum Gasteiger partial charge on any atom is 0.331 e. The molecule has 0 radical (unpaired) electrons. The first-order chi connectivity index (χ1) is 9.72. The number of nitrogens with zero attached hydrogens (tertiary/aromatic N) is 3. The summed E-state index contributed by atoms with van der Waals surface area (Å²) in [4.78, 5) is 24.7. The Balaban J connectivity index is 2.20. The molecular weight excluding hydrogens is 254 g/mol. The summed E-state index contributed by atoms with van der Waals surface area (Å²) in [7, 11) is 0. The van der Waals surface area contributed by atoms with Gasteiger partial charge in [-0.05, 0) is 18.4 Å². The van der Waals surface area contributed by atoms with Crippen LogP contribution in [-0.2, 0) is 19.5 Å². The van der Waals surface area contributed by atoms with E-state index in [4.69, 9.17) is 0 Å². The van der Waals surface area contributed by atoms with E-state index in [1.54, 1.807) is 4.57 Å². The van der Waals surface area contributed by atoms with Gasteiger partial charge in [-0.15, -0.1) is 0 Å². The van der Waals surface area contributed by atoms with Gasteiger partial charge < -0.3 is 0 Å². The fourth-order valence-electron chi connectivity index (χ4n) is 2.65. The zero-order valence-electron chi connectivity index (χ0n) is 10.9. The van der Waals surface area contributed by atoms with Gasteiger partial charge in [0.15, 0.2) is 0 Å². The second-order valence-corrected chi connectivity index (χ2v) is 4.85. The number of benzene rings is 1. The molecule has 1 aliphatic rings. The van der Waals surface area contributed by atoms with E-state index in [-0.39, 0.29) is 17.8 Å². The Morgan fingerprint density at radius 1 is 1.20 bits per heavy atom. The van der Waals surface area contributed by atoms with E-state index in [1.165, 1.54) is 0 Å². The Morgan fingerprint density at radius 2 is 1.95 bits per heavy atom. The summed E-state index contributed by atoms with van der Waals surface area (Å²) >= 11 is 0. The molecule has 0 saturated heterocycles. The summed E-state index contributed by atoms with van der Waals surface area (Å²) in [6.07, 6.45) is 1.43. The minimum Gasteiger partial charge on any atom is -0.296 e. The molecule has 5 heteroatoms. The summed E-state index contributed by atoms with van der Waals surface area (Å²) in [5, 5.41) is 9.19. The molecule has 1 aliphatic heterocycles. The van der Waals surface area contributed by atoms with Crippen LogP contribution in [-0.4, -0.2) is 9.13 Å². The average Bonchev–Trinajstić information content (AvgIpc) is 2.94. The van der Waals surface area contributed by atoms with Crippen molar-refractivity contribution >= 4 is 0 Å². The van der Waals surface area contributed by atoms with E-state index in [2.05, 4.69) is 0 Å². The van der Waals surface area contributed by atoms with Crippen molar-refractivity contribution in [3.63, 3.8) is 0 Å². The molecular formula is C15H13N3O2. The lowest BCUT2D eigenvalue weighted by molar-refractivity contribution is 0.602. The number of fused-ring (bicyclic) bond motifs is 1. The van der Waals surface area contributed by atoms with Crippen LogP contribution in [0.25, 0.3) is 0 Å². The zero-order valence-corrected chi connectivity index (χ0v) is 10.9. The second-order valence-electron chi connectivity index (χ2n) is 4.85. The number of rotatable bonds is 2. The lowest BCUT2D eigenvalue weighted by atomic mass is 10.2. The van der Waals surface area contributed by atoms with Crippen LogP contribution in [0, 0.1) is 11.3 Å². The minimum absolute atomic E-state index is 0.109. The predicted molar refractivity (Wildman–Crippen MR) is 73.5 cm³/mol. The van der Waals surface area contributed by atoms with Crippen LogP contribution in [0.4, 0.5) is 0 Å². The molecule has 20 heavy (non-hydrogen) atoms. The monoisotopic (exact) mass is 267 g/mol.